The quantitative estimate of drug-likeness (QED) is 0.744. The Morgan fingerprint density at radius 3 is 2.88 bits per heavy atom. The van der Waals surface area contributed by atoms with Gasteiger partial charge in [0.25, 0.3) is 0 Å². The van der Waals surface area contributed by atoms with E-state index >= 15 is 0 Å². The summed E-state index contributed by atoms with van der Waals surface area (Å²) < 4.78 is 0. The van der Waals surface area contributed by atoms with Crippen LogP contribution in [0.15, 0.2) is 18.3 Å². The van der Waals surface area contributed by atoms with Crippen molar-refractivity contribution in [1.29, 1.82) is 0 Å². The van der Waals surface area contributed by atoms with E-state index in [0.717, 1.165) is 19.4 Å². The van der Waals surface area contributed by atoms with Crippen molar-refractivity contribution in [2.24, 2.45) is 5.73 Å². The summed E-state index contributed by atoms with van der Waals surface area (Å²) in [6, 6.07) is 3.46. The monoisotopic (exact) mass is 222 g/mol. The van der Waals surface area contributed by atoms with Gasteiger partial charge in [0, 0.05) is 24.5 Å². The zero-order chi connectivity index (χ0) is 12.0. The van der Waals surface area contributed by atoms with Gasteiger partial charge in [-0.2, -0.15) is 0 Å². The molecule has 0 aliphatic carbocycles. The normalized spacial score (nSPS) is 10.1. The lowest BCUT2D eigenvalue weighted by Gasteiger charge is -2.21. The van der Waals surface area contributed by atoms with Gasteiger partial charge in [-0.3, -0.25) is 4.79 Å². The lowest BCUT2D eigenvalue weighted by Crippen LogP contribution is -2.35. The molecule has 0 spiro atoms. The molecule has 0 atom stereocenters. The molecule has 0 saturated carbocycles. The summed E-state index contributed by atoms with van der Waals surface area (Å²) in [5.74, 6) is 0.340. The van der Waals surface area contributed by atoms with Crippen molar-refractivity contribution in [2.75, 3.05) is 23.7 Å². The van der Waals surface area contributed by atoms with Crippen molar-refractivity contribution in [3.63, 3.8) is 0 Å². The highest BCUT2D eigenvalue weighted by atomic mass is 16.1. The van der Waals surface area contributed by atoms with Crippen LogP contribution in [0.4, 0.5) is 11.5 Å². The van der Waals surface area contributed by atoms with E-state index in [2.05, 4.69) is 11.9 Å². The summed E-state index contributed by atoms with van der Waals surface area (Å²) in [6.45, 7) is 3.03. The van der Waals surface area contributed by atoms with Gasteiger partial charge in [0.05, 0.1) is 6.54 Å². The molecule has 0 radical (unpaired) electrons. The molecule has 0 saturated heterocycles. The molecule has 5 nitrogen and oxygen atoms in total. The van der Waals surface area contributed by atoms with Crippen molar-refractivity contribution in [2.45, 2.75) is 19.8 Å². The third-order valence-electron chi connectivity index (χ3n) is 2.22. The highest BCUT2D eigenvalue weighted by Crippen LogP contribution is 2.14. The van der Waals surface area contributed by atoms with Gasteiger partial charge in [-0.1, -0.05) is 13.3 Å². The fraction of sp³-hybridized carbons (Fsp3) is 0.455. The largest absolute Gasteiger partial charge is 0.399 e. The van der Waals surface area contributed by atoms with E-state index in [4.69, 9.17) is 11.5 Å². The van der Waals surface area contributed by atoms with Crippen LogP contribution in [0.3, 0.4) is 0 Å². The zero-order valence-electron chi connectivity index (χ0n) is 9.52. The number of anilines is 2. The van der Waals surface area contributed by atoms with Crippen LogP contribution in [0.2, 0.25) is 0 Å². The molecule has 0 aliphatic rings. The summed E-state index contributed by atoms with van der Waals surface area (Å²) in [5.41, 5.74) is 11.5. The first-order valence-corrected chi connectivity index (χ1v) is 5.38. The molecule has 1 aromatic rings. The lowest BCUT2D eigenvalue weighted by atomic mass is 10.3. The number of aromatic nitrogens is 1. The van der Waals surface area contributed by atoms with Crippen LogP contribution in [0.25, 0.3) is 0 Å². The zero-order valence-corrected chi connectivity index (χ0v) is 9.52. The van der Waals surface area contributed by atoms with E-state index in [1.54, 1.807) is 18.3 Å². The number of nitrogens with two attached hydrogens (primary N) is 2. The van der Waals surface area contributed by atoms with Gasteiger partial charge in [0.2, 0.25) is 5.91 Å². The van der Waals surface area contributed by atoms with Gasteiger partial charge in [0.15, 0.2) is 0 Å². The van der Waals surface area contributed by atoms with Crippen molar-refractivity contribution < 1.29 is 4.79 Å². The third-order valence-corrected chi connectivity index (χ3v) is 2.22. The summed E-state index contributed by atoms with van der Waals surface area (Å²) in [4.78, 5) is 17.0. The number of rotatable bonds is 6. The molecule has 1 heterocycles. The maximum atomic E-state index is 11.0. The van der Waals surface area contributed by atoms with E-state index in [0.29, 0.717) is 11.5 Å². The minimum absolute atomic E-state index is 0.177. The minimum atomic E-state index is -0.361. The van der Waals surface area contributed by atoms with E-state index in [-0.39, 0.29) is 12.5 Å². The number of nitrogen functional groups attached to an aromatic ring is 1. The van der Waals surface area contributed by atoms with E-state index in [9.17, 15) is 4.79 Å². The number of carbonyl (C=O) groups is 1. The van der Waals surface area contributed by atoms with Crippen LogP contribution in [-0.4, -0.2) is 24.0 Å². The first kappa shape index (κ1) is 12.3. The average molecular weight is 222 g/mol. The van der Waals surface area contributed by atoms with Gasteiger partial charge in [-0.25, -0.2) is 4.98 Å². The van der Waals surface area contributed by atoms with Crippen molar-refractivity contribution in [3.05, 3.63) is 18.3 Å². The first-order valence-electron chi connectivity index (χ1n) is 5.38. The Bertz CT molecular complexity index is 354. The molecular formula is C11H18N4O. The van der Waals surface area contributed by atoms with Crippen LogP contribution in [0.5, 0.6) is 0 Å². The topological polar surface area (TPSA) is 85.2 Å². The number of hydrogen-bond acceptors (Lipinski definition) is 4. The Balaban J connectivity index is 2.78. The SMILES string of the molecule is CCCCN(CC(N)=O)c1cc(N)ccn1. The lowest BCUT2D eigenvalue weighted by molar-refractivity contribution is -0.116. The van der Waals surface area contributed by atoms with E-state index < -0.39 is 0 Å². The average Bonchev–Trinajstić information content (AvgIpc) is 2.23. The molecule has 0 bridgehead atoms. The summed E-state index contributed by atoms with van der Waals surface area (Å²) >= 11 is 0. The second-order valence-corrected chi connectivity index (χ2v) is 3.69. The van der Waals surface area contributed by atoms with Crippen molar-refractivity contribution >= 4 is 17.4 Å². The van der Waals surface area contributed by atoms with Crippen LogP contribution in [0, 0.1) is 0 Å². The van der Waals surface area contributed by atoms with Gasteiger partial charge in [-0.05, 0) is 12.5 Å². The predicted molar refractivity (Wildman–Crippen MR) is 65.0 cm³/mol. The first-order chi connectivity index (χ1) is 7.63. The second-order valence-electron chi connectivity index (χ2n) is 3.69. The molecule has 1 aromatic heterocycles. The van der Waals surface area contributed by atoms with E-state index in [1.165, 1.54) is 0 Å². The van der Waals surface area contributed by atoms with Crippen LogP contribution in [0.1, 0.15) is 19.8 Å². The Kier molecular flexibility index (Phi) is 4.57. The molecule has 0 aliphatic heterocycles. The minimum Gasteiger partial charge on any atom is -0.399 e. The van der Waals surface area contributed by atoms with Gasteiger partial charge < -0.3 is 16.4 Å². The van der Waals surface area contributed by atoms with Crippen LogP contribution >= 0.6 is 0 Å². The molecule has 0 fully saturated rings. The Hall–Kier alpha value is -1.78. The molecule has 88 valence electrons. The van der Waals surface area contributed by atoms with Crippen LogP contribution < -0.4 is 16.4 Å². The number of unbranched alkanes of at least 4 members (excludes halogenated alkanes) is 1. The molecule has 1 rings (SSSR count). The highest BCUT2D eigenvalue weighted by Gasteiger charge is 2.10. The molecule has 0 unspecified atom stereocenters. The third kappa shape index (κ3) is 3.76. The molecule has 16 heavy (non-hydrogen) atoms. The fourth-order valence-corrected chi connectivity index (χ4v) is 1.42. The number of hydrogen-bond donors (Lipinski definition) is 2. The second kappa shape index (κ2) is 5.95. The molecule has 1 amide bonds. The number of pyridine rings is 1. The molecule has 4 N–H and O–H groups in total. The molecule has 5 heteroatoms. The summed E-state index contributed by atoms with van der Waals surface area (Å²) in [5, 5.41) is 0. The predicted octanol–water partition coefficient (Wildman–Crippen LogP) is 0.756. The van der Waals surface area contributed by atoms with Crippen LogP contribution in [-0.2, 0) is 4.79 Å². The van der Waals surface area contributed by atoms with Gasteiger partial charge in [-0.15, -0.1) is 0 Å². The highest BCUT2D eigenvalue weighted by molar-refractivity contribution is 5.79. The smallest absolute Gasteiger partial charge is 0.236 e. The summed E-state index contributed by atoms with van der Waals surface area (Å²) in [7, 11) is 0. The molecular weight excluding hydrogens is 204 g/mol. The number of nitrogens with zero attached hydrogens (tertiary/aromatic N) is 2. The molecule has 0 aromatic carbocycles. The number of primary amides is 1. The van der Waals surface area contributed by atoms with Gasteiger partial charge in [0.1, 0.15) is 5.82 Å². The van der Waals surface area contributed by atoms with Gasteiger partial charge >= 0.3 is 0 Å². The van der Waals surface area contributed by atoms with Crippen molar-refractivity contribution in [3.8, 4) is 0 Å². The van der Waals surface area contributed by atoms with Crippen molar-refractivity contribution in [1.82, 2.24) is 4.98 Å². The standard InChI is InChI=1S/C11H18N4O/c1-2-3-6-15(8-10(13)16)11-7-9(12)4-5-14-11/h4-5,7H,2-3,6,8H2,1H3,(H2,12,14)(H2,13,16). The number of carbonyl (C=O) groups excluding carboxylic acids is 1. The maximum absolute atomic E-state index is 11.0. The Morgan fingerprint density at radius 1 is 1.56 bits per heavy atom. The Labute approximate surface area is 95.4 Å². The fourth-order valence-electron chi connectivity index (χ4n) is 1.42. The number of amides is 1. The maximum Gasteiger partial charge on any atom is 0.236 e. The Morgan fingerprint density at radius 2 is 2.31 bits per heavy atom. The summed E-state index contributed by atoms with van der Waals surface area (Å²) in [6.07, 6.45) is 3.67. The van der Waals surface area contributed by atoms with E-state index in [1.807, 2.05) is 4.90 Å².